The molecule has 0 spiro atoms. The lowest BCUT2D eigenvalue weighted by Gasteiger charge is -2.16. The second kappa shape index (κ2) is 9.69. The molecule has 6 heteroatoms. The van der Waals surface area contributed by atoms with E-state index in [-0.39, 0.29) is 30.0 Å². The molecule has 4 nitrogen and oxygen atoms in total. The molecular formula is C22H24ClFN2O2. The molecule has 1 heterocycles. The molecule has 0 radical (unpaired) electrons. The molecule has 1 fully saturated rings. The van der Waals surface area contributed by atoms with E-state index in [1.807, 2.05) is 24.3 Å². The predicted octanol–water partition coefficient (Wildman–Crippen LogP) is 3.62. The highest BCUT2D eigenvalue weighted by molar-refractivity contribution is 6.30. The first-order valence-corrected chi connectivity index (χ1v) is 9.94. The zero-order valence-electron chi connectivity index (χ0n) is 15.7. The van der Waals surface area contributed by atoms with Gasteiger partial charge in [-0.15, -0.1) is 0 Å². The van der Waals surface area contributed by atoms with E-state index in [1.165, 1.54) is 6.07 Å². The monoisotopic (exact) mass is 402 g/mol. The molecule has 1 N–H and O–H groups in total. The smallest absolute Gasteiger partial charge is 0.224 e. The molecule has 1 aliphatic heterocycles. The summed E-state index contributed by atoms with van der Waals surface area (Å²) in [6.07, 6.45) is 2.03. The minimum atomic E-state index is -0.283. The van der Waals surface area contributed by atoms with E-state index in [4.69, 9.17) is 11.6 Å². The van der Waals surface area contributed by atoms with Crippen molar-refractivity contribution < 1.29 is 14.0 Å². The van der Waals surface area contributed by atoms with Crippen molar-refractivity contribution in [2.24, 2.45) is 5.92 Å². The third-order valence-electron chi connectivity index (χ3n) is 5.10. The van der Waals surface area contributed by atoms with Crippen molar-refractivity contribution in [2.45, 2.75) is 25.7 Å². The normalized spacial score (nSPS) is 16.2. The highest BCUT2D eigenvalue weighted by atomic mass is 35.5. The zero-order chi connectivity index (χ0) is 19.9. The Morgan fingerprint density at radius 1 is 1.11 bits per heavy atom. The van der Waals surface area contributed by atoms with Crippen molar-refractivity contribution in [3.8, 4) is 0 Å². The van der Waals surface area contributed by atoms with Crippen molar-refractivity contribution in [3.63, 3.8) is 0 Å². The van der Waals surface area contributed by atoms with Gasteiger partial charge in [0, 0.05) is 31.1 Å². The van der Waals surface area contributed by atoms with Crippen LogP contribution in [0.2, 0.25) is 5.02 Å². The van der Waals surface area contributed by atoms with Gasteiger partial charge in [0.25, 0.3) is 0 Å². The molecule has 3 rings (SSSR count). The van der Waals surface area contributed by atoms with E-state index < -0.39 is 0 Å². The molecule has 0 aliphatic carbocycles. The first-order valence-electron chi connectivity index (χ1n) is 9.56. The summed E-state index contributed by atoms with van der Waals surface area (Å²) in [5.74, 6) is -0.504. The lowest BCUT2D eigenvalue weighted by Crippen LogP contribution is -2.35. The summed E-state index contributed by atoms with van der Waals surface area (Å²) >= 11 is 5.87. The first kappa shape index (κ1) is 20.3. The molecule has 2 aromatic carbocycles. The molecule has 2 aromatic rings. The third kappa shape index (κ3) is 5.55. The largest absolute Gasteiger partial charge is 0.355 e. The average Bonchev–Trinajstić information content (AvgIpc) is 3.19. The highest BCUT2D eigenvalue weighted by Crippen LogP contribution is 2.18. The second-order valence-corrected chi connectivity index (χ2v) is 7.52. The number of halogens is 2. The van der Waals surface area contributed by atoms with Crippen molar-refractivity contribution in [1.82, 2.24) is 10.2 Å². The fraction of sp³-hybridized carbons (Fsp3) is 0.364. The van der Waals surface area contributed by atoms with Crippen molar-refractivity contribution >= 4 is 23.4 Å². The molecule has 0 saturated carbocycles. The highest BCUT2D eigenvalue weighted by Gasteiger charge is 2.30. The lowest BCUT2D eigenvalue weighted by atomic mass is 10.1. The van der Waals surface area contributed by atoms with Crippen LogP contribution in [0.4, 0.5) is 4.39 Å². The Morgan fingerprint density at radius 3 is 2.61 bits per heavy atom. The van der Waals surface area contributed by atoms with Gasteiger partial charge in [-0.25, -0.2) is 4.39 Å². The molecule has 1 unspecified atom stereocenters. The van der Waals surface area contributed by atoms with Crippen LogP contribution in [-0.4, -0.2) is 36.3 Å². The van der Waals surface area contributed by atoms with Gasteiger partial charge in [-0.2, -0.15) is 0 Å². The number of benzene rings is 2. The van der Waals surface area contributed by atoms with Gasteiger partial charge in [0.2, 0.25) is 11.8 Å². The number of amides is 2. The summed E-state index contributed by atoms with van der Waals surface area (Å²) < 4.78 is 13.7. The molecule has 1 aliphatic rings. The number of rotatable bonds is 7. The zero-order valence-corrected chi connectivity index (χ0v) is 16.4. The molecule has 28 heavy (non-hydrogen) atoms. The Hall–Kier alpha value is -2.40. The van der Waals surface area contributed by atoms with E-state index >= 15 is 0 Å². The quantitative estimate of drug-likeness (QED) is 0.769. The first-order chi connectivity index (χ1) is 13.5. The van der Waals surface area contributed by atoms with Crippen LogP contribution in [0.5, 0.6) is 0 Å². The molecular weight excluding hydrogens is 379 g/mol. The van der Waals surface area contributed by atoms with Crippen LogP contribution in [0, 0.1) is 11.7 Å². The summed E-state index contributed by atoms with van der Waals surface area (Å²) in [6.45, 7) is 1.56. The number of aryl methyl sites for hydroxylation is 1. The van der Waals surface area contributed by atoms with Gasteiger partial charge in [-0.05, 0) is 48.6 Å². The topological polar surface area (TPSA) is 49.4 Å². The van der Waals surface area contributed by atoms with Crippen molar-refractivity contribution in [1.29, 1.82) is 0 Å². The minimum absolute atomic E-state index is 0.0154. The van der Waals surface area contributed by atoms with Gasteiger partial charge >= 0.3 is 0 Å². The molecule has 0 aromatic heterocycles. The predicted molar refractivity (Wildman–Crippen MR) is 108 cm³/mol. The summed E-state index contributed by atoms with van der Waals surface area (Å²) in [5.41, 5.74) is 1.66. The fourth-order valence-corrected chi connectivity index (χ4v) is 3.55. The van der Waals surface area contributed by atoms with E-state index in [1.54, 1.807) is 23.1 Å². The van der Waals surface area contributed by atoms with Crippen LogP contribution in [0.3, 0.4) is 0 Å². The maximum Gasteiger partial charge on any atom is 0.224 e. The SMILES string of the molecule is O=C(NCCc1ccc(Cl)cc1)C1CCN(C(=O)CCc2ccccc2F)C1. The van der Waals surface area contributed by atoms with Crippen LogP contribution in [0.15, 0.2) is 48.5 Å². The number of nitrogens with one attached hydrogen (secondary N) is 1. The Labute approximate surface area is 169 Å². The summed E-state index contributed by atoms with van der Waals surface area (Å²) in [4.78, 5) is 26.5. The maximum absolute atomic E-state index is 13.7. The number of likely N-dealkylation sites (tertiary alicyclic amines) is 1. The van der Waals surface area contributed by atoms with Gasteiger partial charge in [0.15, 0.2) is 0 Å². The number of nitrogens with zero attached hydrogens (tertiary/aromatic N) is 1. The Bertz CT molecular complexity index is 826. The number of hydrogen-bond donors (Lipinski definition) is 1. The fourth-order valence-electron chi connectivity index (χ4n) is 3.43. The van der Waals surface area contributed by atoms with Crippen LogP contribution < -0.4 is 5.32 Å². The molecule has 148 valence electrons. The summed E-state index contributed by atoms with van der Waals surface area (Å²) in [7, 11) is 0. The summed E-state index contributed by atoms with van der Waals surface area (Å²) in [5, 5.41) is 3.65. The lowest BCUT2D eigenvalue weighted by molar-refractivity contribution is -0.130. The minimum Gasteiger partial charge on any atom is -0.355 e. The average molecular weight is 403 g/mol. The van der Waals surface area contributed by atoms with Crippen molar-refractivity contribution in [3.05, 3.63) is 70.5 Å². The Balaban J connectivity index is 1.40. The van der Waals surface area contributed by atoms with Gasteiger partial charge < -0.3 is 10.2 Å². The number of carbonyl (C=O) groups is 2. The van der Waals surface area contributed by atoms with Crippen LogP contribution in [-0.2, 0) is 22.4 Å². The van der Waals surface area contributed by atoms with E-state index in [9.17, 15) is 14.0 Å². The molecule has 2 amide bonds. The van der Waals surface area contributed by atoms with Gasteiger partial charge in [0.05, 0.1) is 5.92 Å². The van der Waals surface area contributed by atoms with Crippen molar-refractivity contribution in [2.75, 3.05) is 19.6 Å². The Morgan fingerprint density at radius 2 is 1.86 bits per heavy atom. The van der Waals surface area contributed by atoms with Crippen LogP contribution in [0.25, 0.3) is 0 Å². The number of hydrogen-bond acceptors (Lipinski definition) is 2. The number of carbonyl (C=O) groups excluding carboxylic acids is 2. The maximum atomic E-state index is 13.7. The van der Waals surface area contributed by atoms with E-state index in [0.29, 0.717) is 43.1 Å². The van der Waals surface area contributed by atoms with Crippen LogP contribution >= 0.6 is 11.6 Å². The van der Waals surface area contributed by atoms with Crippen LogP contribution in [0.1, 0.15) is 24.0 Å². The Kier molecular flexibility index (Phi) is 7.04. The second-order valence-electron chi connectivity index (χ2n) is 7.08. The standard InChI is InChI=1S/C22H24ClFN2O2/c23-19-8-5-16(6-9-19)11-13-25-22(28)18-12-14-26(15-18)21(27)10-7-17-3-1-2-4-20(17)24/h1-6,8-9,18H,7,10-15H2,(H,25,28). The summed E-state index contributed by atoms with van der Waals surface area (Å²) in [6, 6.07) is 14.1. The molecule has 0 bridgehead atoms. The van der Waals surface area contributed by atoms with Gasteiger partial charge in [0.1, 0.15) is 5.82 Å². The molecule has 1 atom stereocenters. The van der Waals surface area contributed by atoms with E-state index in [0.717, 1.165) is 12.0 Å². The third-order valence-corrected chi connectivity index (χ3v) is 5.36. The molecule has 1 saturated heterocycles. The van der Waals surface area contributed by atoms with Gasteiger partial charge in [-0.1, -0.05) is 41.9 Å². The van der Waals surface area contributed by atoms with Gasteiger partial charge in [-0.3, -0.25) is 9.59 Å². The van der Waals surface area contributed by atoms with E-state index in [2.05, 4.69) is 5.32 Å².